The fourth-order valence-electron chi connectivity index (χ4n) is 3.82. The van der Waals surface area contributed by atoms with E-state index in [0.717, 1.165) is 39.3 Å². The number of urea groups is 1. The quantitative estimate of drug-likeness (QED) is 0.366. The molecule has 3 aromatic rings. The predicted octanol–water partition coefficient (Wildman–Crippen LogP) is 2.95. The van der Waals surface area contributed by atoms with Crippen molar-refractivity contribution in [3.8, 4) is 0 Å². The molecular weight excluding hydrogens is 466 g/mol. The van der Waals surface area contributed by atoms with E-state index in [2.05, 4.69) is 20.5 Å². The van der Waals surface area contributed by atoms with Gasteiger partial charge in [0.1, 0.15) is 0 Å². The van der Waals surface area contributed by atoms with Gasteiger partial charge in [-0.2, -0.15) is 0 Å². The van der Waals surface area contributed by atoms with Crippen LogP contribution in [0.5, 0.6) is 0 Å². The summed E-state index contributed by atoms with van der Waals surface area (Å²) in [6.07, 6.45) is 0.771. The lowest BCUT2D eigenvalue weighted by molar-refractivity contribution is -0.119. The van der Waals surface area contributed by atoms with E-state index in [4.69, 9.17) is 4.74 Å². The number of carbonyl (C=O) groups excluding carboxylic acids is 2. The summed E-state index contributed by atoms with van der Waals surface area (Å²) in [7, 11) is 0. The van der Waals surface area contributed by atoms with Crippen LogP contribution in [0.3, 0.4) is 0 Å². The van der Waals surface area contributed by atoms with Crippen molar-refractivity contribution in [2.75, 3.05) is 38.2 Å². The van der Waals surface area contributed by atoms with Gasteiger partial charge in [-0.25, -0.2) is 9.78 Å². The number of imide groups is 1. The van der Waals surface area contributed by atoms with E-state index in [-0.39, 0.29) is 5.56 Å². The Labute approximate surface area is 207 Å². The standard InChI is InChI=1S/C25H29N5O4S/c1-18(22(31)28-24(33)26-19-8-3-2-4-9-19)35-25-27-21-11-6-5-10-20(21)23(32)30(25)13-7-12-29-14-16-34-17-15-29/h2-6,8-11,18H,7,12-17H2,1H3,(H2,26,28,31,33). The van der Waals surface area contributed by atoms with Crippen LogP contribution < -0.4 is 16.2 Å². The lowest BCUT2D eigenvalue weighted by Gasteiger charge is -2.26. The van der Waals surface area contributed by atoms with E-state index in [1.165, 1.54) is 11.8 Å². The predicted molar refractivity (Wildman–Crippen MR) is 137 cm³/mol. The van der Waals surface area contributed by atoms with E-state index >= 15 is 0 Å². The third kappa shape index (κ3) is 6.68. The summed E-state index contributed by atoms with van der Waals surface area (Å²) < 4.78 is 7.04. The minimum absolute atomic E-state index is 0.130. The molecule has 9 nitrogen and oxygen atoms in total. The average molecular weight is 496 g/mol. The molecule has 2 heterocycles. The second-order valence-corrected chi connectivity index (χ2v) is 9.55. The van der Waals surface area contributed by atoms with Crippen molar-refractivity contribution in [2.45, 2.75) is 30.3 Å². The Morgan fingerprint density at radius 1 is 1.06 bits per heavy atom. The number of amides is 3. The van der Waals surface area contributed by atoms with Crippen LogP contribution in [0, 0.1) is 0 Å². The maximum atomic E-state index is 13.3. The number of para-hydroxylation sites is 2. The number of nitrogens with one attached hydrogen (secondary N) is 2. The van der Waals surface area contributed by atoms with Gasteiger partial charge in [-0.05, 0) is 37.6 Å². The van der Waals surface area contributed by atoms with Gasteiger partial charge < -0.3 is 10.1 Å². The molecule has 1 saturated heterocycles. The minimum atomic E-state index is -0.643. The molecule has 0 saturated carbocycles. The third-order valence-electron chi connectivity index (χ3n) is 5.71. The summed E-state index contributed by atoms with van der Waals surface area (Å²) >= 11 is 1.17. The highest BCUT2D eigenvalue weighted by atomic mass is 32.2. The monoisotopic (exact) mass is 495 g/mol. The summed E-state index contributed by atoms with van der Waals surface area (Å²) in [6, 6.07) is 15.5. The first-order valence-electron chi connectivity index (χ1n) is 11.6. The molecule has 0 radical (unpaired) electrons. The van der Waals surface area contributed by atoms with Gasteiger partial charge in [-0.15, -0.1) is 0 Å². The maximum Gasteiger partial charge on any atom is 0.325 e. The van der Waals surface area contributed by atoms with Gasteiger partial charge in [0, 0.05) is 31.9 Å². The minimum Gasteiger partial charge on any atom is -0.379 e. The van der Waals surface area contributed by atoms with Crippen molar-refractivity contribution < 1.29 is 14.3 Å². The molecule has 0 spiro atoms. The topological polar surface area (TPSA) is 106 Å². The van der Waals surface area contributed by atoms with Gasteiger partial charge in [0.05, 0.1) is 29.4 Å². The van der Waals surface area contributed by atoms with Crippen molar-refractivity contribution in [1.29, 1.82) is 0 Å². The van der Waals surface area contributed by atoms with Crippen LogP contribution in [0.25, 0.3) is 10.9 Å². The molecule has 1 fully saturated rings. The Morgan fingerprint density at radius 3 is 2.54 bits per heavy atom. The van der Waals surface area contributed by atoms with Gasteiger partial charge >= 0.3 is 6.03 Å². The van der Waals surface area contributed by atoms with Crippen molar-refractivity contribution in [3.05, 3.63) is 65.0 Å². The van der Waals surface area contributed by atoms with Crippen molar-refractivity contribution in [1.82, 2.24) is 19.8 Å². The summed E-state index contributed by atoms with van der Waals surface area (Å²) in [5, 5.41) is 5.35. The number of ether oxygens (including phenoxy) is 1. The van der Waals surface area contributed by atoms with Gasteiger partial charge in [-0.1, -0.05) is 42.1 Å². The number of rotatable bonds is 8. The normalized spacial score (nSPS) is 15.0. The second kappa shape index (κ2) is 12.0. The number of morpholine rings is 1. The Kier molecular flexibility index (Phi) is 8.51. The van der Waals surface area contributed by atoms with Gasteiger partial charge in [-0.3, -0.25) is 24.4 Å². The lowest BCUT2D eigenvalue weighted by atomic mass is 10.2. The van der Waals surface area contributed by atoms with Crippen LogP contribution >= 0.6 is 11.8 Å². The van der Waals surface area contributed by atoms with Gasteiger partial charge in [0.2, 0.25) is 5.91 Å². The van der Waals surface area contributed by atoms with Crippen molar-refractivity contribution in [2.24, 2.45) is 0 Å². The van der Waals surface area contributed by atoms with Crippen molar-refractivity contribution in [3.63, 3.8) is 0 Å². The zero-order chi connectivity index (χ0) is 24.6. The average Bonchev–Trinajstić information content (AvgIpc) is 2.87. The van der Waals surface area contributed by atoms with Crippen LogP contribution in [0.4, 0.5) is 10.5 Å². The number of hydrogen-bond acceptors (Lipinski definition) is 7. The second-order valence-electron chi connectivity index (χ2n) is 8.25. The molecule has 4 rings (SSSR count). The molecule has 1 aromatic heterocycles. The lowest BCUT2D eigenvalue weighted by Crippen LogP contribution is -2.39. The first-order valence-corrected chi connectivity index (χ1v) is 12.5. The van der Waals surface area contributed by atoms with Gasteiger partial charge in [0.25, 0.3) is 5.56 Å². The molecule has 0 aliphatic carbocycles. The molecule has 0 bridgehead atoms. The Balaban J connectivity index is 1.46. The molecule has 1 atom stereocenters. The van der Waals surface area contributed by atoms with E-state index in [9.17, 15) is 14.4 Å². The summed E-state index contributed by atoms with van der Waals surface area (Å²) in [6.45, 7) is 6.24. The third-order valence-corrected chi connectivity index (χ3v) is 6.80. The molecule has 3 amide bonds. The fraction of sp³-hybridized carbons (Fsp3) is 0.360. The van der Waals surface area contributed by atoms with E-state index in [1.807, 2.05) is 18.2 Å². The number of thioether (sulfide) groups is 1. The number of carbonyl (C=O) groups is 2. The molecule has 1 unspecified atom stereocenters. The van der Waals surface area contributed by atoms with Crippen LogP contribution in [0.2, 0.25) is 0 Å². The van der Waals surface area contributed by atoms with E-state index < -0.39 is 17.2 Å². The smallest absolute Gasteiger partial charge is 0.325 e. The highest BCUT2D eigenvalue weighted by Gasteiger charge is 2.21. The molecule has 2 aromatic carbocycles. The van der Waals surface area contributed by atoms with E-state index in [1.54, 1.807) is 47.9 Å². The van der Waals surface area contributed by atoms with Crippen LogP contribution in [0.15, 0.2) is 64.5 Å². The van der Waals surface area contributed by atoms with Gasteiger partial charge in [0.15, 0.2) is 5.16 Å². The maximum absolute atomic E-state index is 13.3. The number of aromatic nitrogens is 2. The molecule has 184 valence electrons. The SMILES string of the molecule is CC(Sc1nc2ccccc2c(=O)n1CCCN1CCOCC1)C(=O)NC(=O)Nc1ccccc1. The first-order chi connectivity index (χ1) is 17.0. The number of anilines is 1. The van der Waals surface area contributed by atoms with E-state index in [0.29, 0.717) is 28.3 Å². The van der Waals surface area contributed by atoms with Crippen LogP contribution in [-0.4, -0.2) is 64.5 Å². The number of hydrogen-bond donors (Lipinski definition) is 2. The first kappa shape index (κ1) is 24.9. The Bertz CT molecular complexity index is 1230. The van der Waals surface area contributed by atoms with Crippen LogP contribution in [0.1, 0.15) is 13.3 Å². The Hall–Kier alpha value is -3.21. The zero-order valence-corrected chi connectivity index (χ0v) is 20.4. The Morgan fingerprint density at radius 2 is 1.77 bits per heavy atom. The zero-order valence-electron chi connectivity index (χ0n) is 19.6. The van der Waals surface area contributed by atoms with Crippen LogP contribution in [-0.2, 0) is 16.1 Å². The molecule has 1 aliphatic heterocycles. The highest BCUT2D eigenvalue weighted by molar-refractivity contribution is 8.00. The number of fused-ring (bicyclic) bond motifs is 1. The molecule has 35 heavy (non-hydrogen) atoms. The molecular formula is C25H29N5O4S. The summed E-state index contributed by atoms with van der Waals surface area (Å²) in [5.41, 5.74) is 1.04. The molecule has 1 aliphatic rings. The molecule has 2 N–H and O–H groups in total. The summed E-state index contributed by atoms with van der Waals surface area (Å²) in [4.78, 5) is 45.2. The fourth-order valence-corrected chi connectivity index (χ4v) is 4.76. The number of nitrogens with zero attached hydrogens (tertiary/aromatic N) is 3. The summed E-state index contributed by atoms with van der Waals surface area (Å²) in [5.74, 6) is -0.467. The number of benzene rings is 2. The van der Waals surface area contributed by atoms with Crippen molar-refractivity contribution >= 4 is 40.3 Å². The highest BCUT2D eigenvalue weighted by Crippen LogP contribution is 2.23. The largest absolute Gasteiger partial charge is 0.379 e. The molecule has 10 heteroatoms.